The Kier molecular flexibility index (Phi) is 5.97. The van der Waals surface area contributed by atoms with Gasteiger partial charge in [-0.25, -0.2) is 0 Å². The third-order valence-electron chi connectivity index (χ3n) is 5.16. The van der Waals surface area contributed by atoms with Crippen molar-refractivity contribution in [2.45, 2.75) is 83.2 Å². The minimum absolute atomic E-state index is 0.469. The van der Waals surface area contributed by atoms with Crippen LogP contribution in [0.15, 0.2) is 0 Å². The topological polar surface area (TPSA) is 29.3 Å². The fourth-order valence-corrected chi connectivity index (χ4v) is 4.01. The first-order chi connectivity index (χ1) is 8.81. The summed E-state index contributed by atoms with van der Waals surface area (Å²) in [6.45, 7) is 4.88. The van der Waals surface area contributed by atoms with Gasteiger partial charge in [0, 0.05) is 12.1 Å². The molecular weight excluding hydrogens is 220 g/mol. The van der Waals surface area contributed by atoms with E-state index in [2.05, 4.69) is 11.8 Å². The van der Waals surface area contributed by atoms with Gasteiger partial charge in [-0.15, -0.1) is 0 Å². The van der Waals surface area contributed by atoms with E-state index in [0.29, 0.717) is 6.04 Å². The SMILES string of the molecule is CCC(C1CCCCCCC1)N1CCC(N)CC1. The molecule has 2 fully saturated rings. The summed E-state index contributed by atoms with van der Waals surface area (Å²) < 4.78 is 0. The lowest BCUT2D eigenvalue weighted by Gasteiger charge is -2.41. The summed E-state index contributed by atoms with van der Waals surface area (Å²) in [6.07, 6.45) is 14.1. The Labute approximate surface area is 113 Å². The molecule has 0 aromatic rings. The first-order valence-electron chi connectivity index (χ1n) is 8.31. The van der Waals surface area contributed by atoms with Crippen molar-refractivity contribution in [1.29, 1.82) is 0 Å². The fourth-order valence-electron chi connectivity index (χ4n) is 4.01. The van der Waals surface area contributed by atoms with Crippen LogP contribution in [0.5, 0.6) is 0 Å². The van der Waals surface area contributed by atoms with Crippen molar-refractivity contribution < 1.29 is 0 Å². The van der Waals surface area contributed by atoms with Crippen LogP contribution in [-0.2, 0) is 0 Å². The van der Waals surface area contributed by atoms with Crippen LogP contribution < -0.4 is 5.73 Å². The van der Waals surface area contributed by atoms with Gasteiger partial charge in [0.2, 0.25) is 0 Å². The van der Waals surface area contributed by atoms with Gasteiger partial charge in [-0.05, 0) is 51.1 Å². The van der Waals surface area contributed by atoms with E-state index in [-0.39, 0.29) is 0 Å². The van der Waals surface area contributed by atoms with Gasteiger partial charge in [0.25, 0.3) is 0 Å². The second kappa shape index (κ2) is 7.49. The fraction of sp³-hybridized carbons (Fsp3) is 1.00. The van der Waals surface area contributed by atoms with Gasteiger partial charge in [-0.2, -0.15) is 0 Å². The molecule has 2 rings (SSSR count). The Morgan fingerprint density at radius 2 is 1.50 bits per heavy atom. The molecule has 0 aromatic heterocycles. The third-order valence-corrected chi connectivity index (χ3v) is 5.16. The first-order valence-corrected chi connectivity index (χ1v) is 8.31. The average Bonchev–Trinajstić information content (AvgIpc) is 2.34. The predicted molar refractivity (Wildman–Crippen MR) is 78.7 cm³/mol. The van der Waals surface area contributed by atoms with E-state index in [9.17, 15) is 0 Å². The molecule has 1 aliphatic carbocycles. The van der Waals surface area contributed by atoms with Crippen LogP contribution in [0.2, 0.25) is 0 Å². The summed E-state index contributed by atoms with van der Waals surface area (Å²) in [5.41, 5.74) is 6.04. The minimum Gasteiger partial charge on any atom is -0.328 e. The van der Waals surface area contributed by atoms with Crippen LogP contribution in [0, 0.1) is 5.92 Å². The molecule has 2 nitrogen and oxygen atoms in total. The molecule has 1 aliphatic heterocycles. The van der Waals surface area contributed by atoms with Crippen molar-refractivity contribution in [3.05, 3.63) is 0 Å². The number of hydrogen-bond acceptors (Lipinski definition) is 2. The molecule has 1 heterocycles. The van der Waals surface area contributed by atoms with Crippen molar-refractivity contribution in [2.24, 2.45) is 11.7 Å². The molecule has 0 amide bonds. The molecule has 1 saturated heterocycles. The highest BCUT2D eigenvalue weighted by molar-refractivity contribution is 4.84. The zero-order valence-corrected chi connectivity index (χ0v) is 12.2. The largest absolute Gasteiger partial charge is 0.328 e. The van der Waals surface area contributed by atoms with Crippen molar-refractivity contribution >= 4 is 0 Å². The summed E-state index contributed by atoms with van der Waals surface area (Å²) in [6, 6.07) is 1.31. The zero-order valence-electron chi connectivity index (χ0n) is 12.2. The van der Waals surface area contributed by atoms with E-state index in [1.165, 1.54) is 77.3 Å². The van der Waals surface area contributed by atoms with Crippen LogP contribution in [0.4, 0.5) is 0 Å². The molecule has 2 N–H and O–H groups in total. The molecule has 0 bridgehead atoms. The van der Waals surface area contributed by atoms with E-state index >= 15 is 0 Å². The molecule has 106 valence electrons. The number of piperidine rings is 1. The molecule has 1 atom stereocenters. The summed E-state index contributed by atoms with van der Waals surface area (Å²) in [5, 5.41) is 0. The molecule has 2 heteroatoms. The van der Waals surface area contributed by atoms with Crippen LogP contribution in [0.25, 0.3) is 0 Å². The number of nitrogens with zero attached hydrogens (tertiary/aromatic N) is 1. The third kappa shape index (κ3) is 3.96. The Morgan fingerprint density at radius 3 is 2.06 bits per heavy atom. The second-order valence-electron chi connectivity index (χ2n) is 6.45. The van der Waals surface area contributed by atoms with Crippen LogP contribution in [-0.4, -0.2) is 30.1 Å². The maximum absolute atomic E-state index is 6.04. The minimum atomic E-state index is 0.469. The Bertz CT molecular complexity index is 213. The van der Waals surface area contributed by atoms with Crippen molar-refractivity contribution in [3.8, 4) is 0 Å². The zero-order chi connectivity index (χ0) is 12.8. The number of nitrogens with two attached hydrogens (primary N) is 1. The summed E-state index contributed by atoms with van der Waals surface area (Å²) in [5.74, 6) is 0.963. The van der Waals surface area contributed by atoms with Gasteiger partial charge >= 0.3 is 0 Å². The maximum atomic E-state index is 6.04. The standard InChI is InChI=1S/C16H32N2/c1-2-16(18-12-10-15(17)11-13-18)14-8-6-4-3-5-7-9-14/h14-16H,2-13,17H2,1H3. The van der Waals surface area contributed by atoms with Crippen LogP contribution in [0.1, 0.15) is 71.1 Å². The van der Waals surface area contributed by atoms with Crippen LogP contribution >= 0.6 is 0 Å². The normalized spacial score (nSPS) is 27.7. The Balaban J connectivity index is 1.89. The molecule has 0 spiro atoms. The maximum Gasteiger partial charge on any atom is 0.0121 e. The molecule has 1 unspecified atom stereocenters. The number of rotatable bonds is 3. The lowest BCUT2D eigenvalue weighted by Crippen LogP contribution is -2.47. The number of likely N-dealkylation sites (tertiary alicyclic amines) is 1. The van der Waals surface area contributed by atoms with Crippen molar-refractivity contribution in [1.82, 2.24) is 4.90 Å². The highest BCUT2D eigenvalue weighted by Gasteiger charge is 2.28. The van der Waals surface area contributed by atoms with Gasteiger partial charge < -0.3 is 10.6 Å². The van der Waals surface area contributed by atoms with Gasteiger partial charge in [0.1, 0.15) is 0 Å². The molecule has 1 saturated carbocycles. The molecule has 0 radical (unpaired) electrons. The molecular formula is C16H32N2. The first kappa shape index (κ1) is 14.3. The van der Waals surface area contributed by atoms with Crippen LogP contribution in [0.3, 0.4) is 0 Å². The molecule has 0 aromatic carbocycles. The van der Waals surface area contributed by atoms with Gasteiger partial charge in [0.15, 0.2) is 0 Å². The highest BCUT2D eigenvalue weighted by Crippen LogP contribution is 2.30. The lowest BCUT2D eigenvalue weighted by atomic mass is 9.83. The molecule has 2 aliphatic rings. The highest BCUT2D eigenvalue weighted by atomic mass is 15.2. The van der Waals surface area contributed by atoms with Gasteiger partial charge in [0.05, 0.1) is 0 Å². The van der Waals surface area contributed by atoms with Gasteiger partial charge in [-0.3, -0.25) is 0 Å². The summed E-state index contributed by atoms with van der Waals surface area (Å²) >= 11 is 0. The van der Waals surface area contributed by atoms with E-state index in [4.69, 9.17) is 5.73 Å². The van der Waals surface area contributed by atoms with E-state index in [1.807, 2.05) is 0 Å². The van der Waals surface area contributed by atoms with Gasteiger partial charge in [-0.1, -0.05) is 39.0 Å². The second-order valence-corrected chi connectivity index (χ2v) is 6.45. The Hall–Kier alpha value is -0.0800. The quantitative estimate of drug-likeness (QED) is 0.832. The monoisotopic (exact) mass is 252 g/mol. The lowest BCUT2D eigenvalue weighted by molar-refractivity contribution is 0.0928. The van der Waals surface area contributed by atoms with E-state index in [0.717, 1.165) is 12.0 Å². The number of hydrogen-bond donors (Lipinski definition) is 1. The Morgan fingerprint density at radius 1 is 0.944 bits per heavy atom. The van der Waals surface area contributed by atoms with E-state index < -0.39 is 0 Å². The summed E-state index contributed by atoms with van der Waals surface area (Å²) in [7, 11) is 0. The predicted octanol–water partition coefficient (Wildman–Crippen LogP) is 3.55. The van der Waals surface area contributed by atoms with Crippen molar-refractivity contribution in [2.75, 3.05) is 13.1 Å². The smallest absolute Gasteiger partial charge is 0.0121 e. The molecule has 18 heavy (non-hydrogen) atoms. The summed E-state index contributed by atoms with van der Waals surface area (Å²) in [4.78, 5) is 2.76. The van der Waals surface area contributed by atoms with Crippen molar-refractivity contribution in [3.63, 3.8) is 0 Å². The average molecular weight is 252 g/mol. The van der Waals surface area contributed by atoms with E-state index in [1.54, 1.807) is 0 Å².